The number of aromatic nitrogens is 4. The number of nitrogens with zero attached hydrogens (tertiary/aromatic N) is 4. The number of fused-ring (bicyclic) bond motifs is 1. The van der Waals surface area contributed by atoms with Gasteiger partial charge in [0.2, 0.25) is 21.7 Å². The number of hydrogen-bond donors (Lipinski definition) is 1. The summed E-state index contributed by atoms with van der Waals surface area (Å²) < 4.78 is 71.5. The summed E-state index contributed by atoms with van der Waals surface area (Å²) in [7, 11) is -1.88. The molecule has 0 bridgehead atoms. The molecule has 0 amide bonds. The Hall–Kier alpha value is -3.49. The Morgan fingerprint density at radius 1 is 1.18 bits per heavy atom. The maximum absolute atomic E-state index is 12.9. The Morgan fingerprint density at radius 2 is 1.85 bits per heavy atom. The SMILES string of the molecule is COc1nc(-n2cc(S(N)(=O)=O)c3ccc(Cl)c(-c4cnco4)c32)nc(OC)c1OC(F)F. The molecule has 0 saturated heterocycles. The summed E-state index contributed by atoms with van der Waals surface area (Å²) in [6, 6.07) is 2.90. The van der Waals surface area contributed by atoms with Crippen LogP contribution in [0.1, 0.15) is 0 Å². The van der Waals surface area contributed by atoms with E-state index in [1.807, 2.05) is 0 Å². The maximum Gasteiger partial charge on any atom is 0.387 e. The summed E-state index contributed by atoms with van der Waals surface area (Å²) in [6.07, 6.45) is 3.69. The number of nitrogens with two attached hydrogens (primary N) is 1. The van der Waals surface area contributed by atoms with Crippen LogP contribution < -0.4 is 19.3 Å². The van der Waals surface area contributed by atoms with Crippen LogP contribution in [0, 0.1) is 0 Å². The summed E-state index contributed by atoms with van der Waals surface area (Å²) in [6.45, 7) is -3.21. The minimum atomic E-state index is -4.22. The number of sulfonamides is 1. The van der Waals surface area contributed by atoms with Crippen LogP contribution in [0.2, 0.25) is 5.02 Å². The summed E-state index contributed by atoms with van der Waals surface area (Å²) >= 11 is 6.40. The smallest absolute Gasteiger partial charge is 0.387 e. The van der Waals surface area contributed by atoms with Crippen LogP contribution in [-0.4, -0.2) is 48.8 Å². The fourth-order valence-corrected chi connectivity index (χ4v) is 4.17. The van der Waals surface area contributed by atoms with Crippen LogP contribution >= 0.6 is 11.6 Å². The Kier molecular flexibility index (Phi) is 5.82. The maximum atomic E-state index is 12.9. The molecule has 4 rings (SSSR count). The van der Waals surface area contributed by atoms with Gasteiger partial charge in [0.1, 0.15) is 4.90 Å². The normalized spacial score (nSPS) is 11.8. The number of hydrogen-bond acceptors (Lipinski definition) is 9. The third-order valence-electron chi connectivity index (χ3n) is 4.47. The second-order valence-corrected chi connectivity index (χ2v) is 8.28. The van der Waals surface area contributed by atoms with Gasteiger partial charge in [-0.1, -0.05) is 11.6 Å². The first-order valence-corrected chi connectivity index (χ1v) is 10.8. The number of methoxy groups -OCH3 is 2. The number of halogens is 3. The standard InChI is InChI=1S/C18H14ClF2N5O6S/c1-29-15-14(32-17(20)21)16(30-2)25-18(24-15)26-6-11(33(22,27)28)8-3-4-9(19)12(13(8)26)10-5-23-7-31-10/h3-7,17H,1-2H3,(H2,22,27,28). The Labute approximate surface area is 189 Å². The molecule has 0 unspecified atom stereocenters. The molecule has 2 N–H and O–H groups in total. The molecule has 0 saturated carbocycles. The molecule has 3 heterocycles. The molecule has 3 aromatic heterocycles. The number of rotatable bonds is 7. The lowest BCUT2D eigenvalue weighted by Gasteiger charge is -2.14. The zero-order chi connectivity index (χ0) is 23.9. The van der Waals surface area contributed by atoms with Crippen LogP contribution in [0.4, 0.5) is 8.78 Å². The molecule has 0 fully saturated rings. The van der Waals surface area contributed by atoms with E-state index in [2.05, 4.69) is 19.7 Å². The average Bonchev–Trinajstić information content (AvgIpc) is 3.41. The quantitative estimate of drug-likeness (QED) is 0.404. The van der Waals surface area contributed by atoms with E-state index in [9.17, 15) is 17.2 Å². The fraction of sp³-hybridized carbons (Fsp3) is 0.167. The van der Waals surface area contributed by atoms with Crippen molar-refractivity contribution >= 4 is 32.5 Å². The molecule has 15 heteroatoms. The molecule has 0 aliphatic heterocycles. The van der Waals surface area contributed by atoms with Gasteiger partial charge in [-0.3, -0.25) is 4.57 Å². The van der Waals surface area contributed by atoms with Gasteiger partial charge in [0.15, 0.2) is 12.2 Å². The molecule has 33 heavy (non-hydrogen) atoms. The molecule has 1 aromatic carbocycles. The zero-order valence-corrected chi connectivity index (χ0v) is 18.4. The van der Waals surface area contributed by atoms with Crippen molar-refractivity contribution in [2.45, 2.75) is 11.5 Å². The lowest BCUT2D eigenvalue weighted by Crippen LogP contribution is -2.12. The van der Waals surface area contributed by atoms with E-state index in [4.69, 9.17) is 30.6 Å². The molecule has 174 valence electrons. The van der Waals surface area contributed by atoms with Crippen LogP contribution in [0.3, 0.4) is 0 Å². The predicted molar refractivity (Wildman–Crippen MR) is 110 cm³/mol. The molecule has 0 atom stereocenters. The van der Waals surface area contributed by atoms with Gasteiger partial charge in [0.25, 0.3) is 11.8 Å². The van der Waals surface area contributed by atoms with Gasteiger partial charge < -0.3 is 18.6 Å². The van der Waals surface area contributed by atoms with E-state index < -0.39 is 22.4 Å². The van der Waals surface area contributed by atoms with E-state index in [-0.39, 0.29) is 49.9 Å². The van der Waals surface area contributed by atoms with Crippen molar-refractivity contribution in [2.75, 3.05) is 14.2 Å². The Balaban J connectivity index is 2.11. The monoisotopic (exact) mass is 501 g/mol. The molecule has 0 spiro atoms. The minimum Gasteiger partial charge on any atom is -0.478 e. The molecular weight excluding hydrogens is 488 g/mol. The van der Waals surface area contributed by atoms with Crippen molar-refractivity contribution in [1.29, 1.82) is 0 Å². The van der Waals surface area contributed by atoms with Crippen molar-refractivity contribution in [3.63, 3.8) is 0 Å². The minimum absolute atomic E-state index is 0.169. The third kappa shape index (κ3) is 4.03. The highest BCUT2D eigenvalue weighted by Crippen LogP contribution is 2.41. The summed E-state index contributed by atoms with van der Waals surface area (Å²) in [4.78, 5) is 11.8. The van der Waals surface area contributed by atoms with Gasteiger partial charge in [0, 0.05) is 11.6 Å². The van der Waals surface area contributed by atoms with Crippen molar-refractivity contribution in [2.24, 2.45) is 5.14 Å². The molecule has 4 aromatic rings. The van der Waals surface area contributed by atoms with Gasteiger partial charge in [0.05, 0.1) is 36.5 Å². The van der Waals surface area contributed by atoms with E-state index >= 15 is 0 Å². The average molecular weight is 502 g/mol. The van der Waals surface area contributed by atoms with Crippen LogP contribution in [0.5, 0.6) is 17.5 Å². The van der Waals surface area contributed by atoms with Gasteiger partial charge >= 0.3 is 6.61 Å². The molecule has 11 nitrogen and oxygen atoms in total. The summed E-state index contributed by atoms with van der Waals surface area (Å²) in [5.41, 5.74) is 0.450. The largest absolute Gasteiger partial charge is 0.478 e. The second kappa shape index (κ2) is 8.46. The van der Waals surface area contributed by atoms with E-state index in [0.29, 0.717) is 0 Å². The van der Waals surface area contributed by atoms with E-state index in [1.54, 1.807) is 0 Å². The highest BCUT2D eigenvalue weighted by Gasteiger charge is 2.27. The van der Waals surface area contributed by atoms with Crippen LogP contribution in [0.25, 0.3) is 28.2 Å². The van der Waals surface area contributed by atoms with E-state index in [0.717, 1.165) is 12.6 Å². The first-order chi connectivity index (χ1) is 15.7. The lowest BCUT2D eigenvalue weighted by molar-refractivity contribution is -0.0534. The third-order valence-corrected chi connectivity index (χ3v) is 5.72. The van der Waals surface area contributed by atoms with Gasteiger partial charge in [-0.05, 0) is 12.1 Å². The predicted octanol–water partition coefficient (Wildman–Crippen LogP) is 2.99. The van der Waals surface area contributed by atoms with Gasteiger partial charge in [-0.25, -0.2) is 18.5 Å². The van der Waals surface area contributed by atoms with Crippen molar-refractivity contribution in [1.82, 2.24) is 19.5 Å². The number of alkyl halides is 2. The highest BCUT2D eigenvalue weighted by molar-refractivity contribution is 7.89. The van der Waals surface area contributed by atoms with Gasteiger partial charge in [-0.15, -0.1) is 0 Å². The molecule has 0 aliphatic carbocycles. The molecular formula is C18H14ClF2N5O6S. The van der Waals surface area contributed by atoms with Gasteiger partial charge in [-0.2, -0.15) is 18.7 Å². The van der Waals surface area contributed by atoms with Crippen molar-refractivity contribution in [3.8, 4) is 34.8 Å². The van der Waals surface area contributed by atoms with Crippen molar-refractivity contribution in [3.05, 3.63) is 35.9 Å². The fourth-order valence-electron chi connectivity index (χ4n) is 3.20. The molecule has 0 aliphatic rings. The first kappa shape index (κ1) is 22.7. The zero-order valence-electron chi connectivity index (χ0n) is 16.8. The second-order valence-electron chi connectivity index (χ2n) is 6.34. The number of ether oxygens (including phenoxy) is 3. The Morgan fingerprint density at radius 3 is 2.36 bits per heavy atom. The highest BCUT2D eigenvalue weighted by atomic mass is 35.5. The van der Waals surface area contributed by atoms with Crippen LogP contribution in [0.15, 0.2) is 40.2 Å². The Bertz CT molecular complexity index is 1420. The number of primary sulfonamides is 1. The first-order valence-electron chi connectivity index (χ1n) is 8.86. The summed E-state index contributed by atoms with van der Waals surface area (Å²) in [5.74, 6) is -1.33. The van der Waals surface area contributed by atoms with Crippen molar-refractivity contribution < 1.29 is 35.8 Å². The van der Waals surface area contributed by atoms with Crippen LogP contribution in [-0.2, 0) is 10.0 Å². The lowest BCUT2D eigenvalue weighted by atomic mass is 10.1. The number of benzene rings is 1. The molecule has 0 radical (unpaired) electrons. The topological polar surface area (TPSA) is 145 Å². The number of oxazole rings is 1. The summed E-state index contributed by atoms with van der Waals surface area (Å²) in [5, 5.41) is 5.77. The van der Waals surface area contributed by atoms with E-state index in [1.165, 1.54) is 37.1 Å².